The molecule has 9 fully saturated rings. The van der Waals surface area contributed by atoms with Crippen LogP contribution >= 0.6 is 0 Å². The molecule has 4 saturated carbocycles. The van der Waals surface area contributed by atoms with Gasteiger partial charge in [0.15, 0.2) is 31.3 Å². The van der Waals surface area contributed by atoms with Crippen molar-refractivity contribution in [1.82, 2.24) is 0 Å². The van der Waals surface area contributed by atoms with Gasteiger partial charge in [0, 0.05) is 5.41 Å². The van der Waals surface area contributed by atoms with Gasteiger partial charge in [0.2, 0.25) is 6.29 Å². The summed E-state index contributed by atoms with van der Waals surface area (Å²) >= 11 is 0. The van der Waals surface area contributed by atoms with Crippen LogP contribution < -0.4 is 0 Å². The number of aliphatic hydroxyl groups excluding tert-OH is 17. The van der Waals surface area contributed by atoms with Gasteiger partial charge in [-0.25, -0.2) is 0 Å². The fraction of sp³-hybridized carbons (Fsp3) is 0.949. The van der Waals surface area contributed by atoms with E-state index in [1.807, 2.05) is 6.92 Å². The first-order valence-electron chi connectivity index (χ1n) is 30.9. The zero-order valence-electron chi connectivity index (χ0n) is 50.3. The Morgan fingerprint density at radius 2 is 1.06 bits per heavy atom. The average molecular weight is 1250 g/mol. The van der Waals surface area contributed by atoms with E-state index in [0.29, 0.717) is 51.4 Å². The van der Waals surface area contributed by atoms with Crippen molar-refractivity contribution < 1.29 is 139 Å². The fourth-order valence-electron chi connectivity index (χ4n) is 17.8. The molecule has 28 nitrogen and oxygen atoms in total. The highest BCUT2D eigenvalue weighted by molar-refractivity contribution is 5.79. The van der Waals surface area contributed by atoms with Gasteiger partial charge in [-0.05, 0) is 104 Å². The first-order chi connectivity index (χ1) is 40.8. The van der Waals surface area contributed by atoms with Crippen LogP contribution in [0.3, 0.4) is 0 Å². The SMILES string of the molecule is C[C@@H]1O[C@@H](O[C@H]2[C@H](OC(=O)[C@]34CCC(C)(C)C[C@H]3C3=CC[C@@H]5[C@@]6(C)C[C@H](O)[C@H](O[C@@H]7O[C@H](CO)[C@@H](O)[C@H](O)[C@H]7O)[C@@](C)(CO)[C@@H]6CC[C@@]5(C)[C@]3(C)CC4)O[C@H](CO)[C@@H](O)[C@@H]2O)[C@H](O)[C@H](O)[C@H]1O[C@@H]1OC[C@@H](O[C@@H]2O[C@H](CO)[C@H](O)[C@H](O)[C@H]2O)[C@H](O)[C@H]1O. The van der Waals surface area contributed by atoms with Gasteiger partial charge in [0.25, 0.3) is 0 Å². The Hall–Kier alpha value is -1.83. The van der Waals surface area contributed by atoms with E-state index in [9.17, 15) is 86.8 Å². The van der Waals surface area contributed by atoms with Gasteiger partial charge in [-0.3, -0.25) is 4.79 Å². The minimum absolute atomic E-state index is 0.0524. The van der Waals surface area contributed by atoms with Crippen LogP contribution in [0, 0.1) is 50.2 Å². The van der Waals surface area contributed by atoms with E-state index in [-0.39, 0.29) is 29.6 Å². The molecule has 0 aromatic heterocycles. The van der Waals surface area contributed by atoms with Crippen LogP contribution in [0.25, 0.3) is 0 Å². The first-order valence-corrected chi connectivity index (χ1v) is 30.9. The maximum Gasteiger partial charge on any atom is 0.315 e. The Labute approximate surface area is 504 Å². The molecular weight excluding hydrogens is 1160 g/mol. The lowest BCUT2D eigenvalue weighted by Gasteiger charge is -2.72. The summed E-state index contributed by atoms with van der Waals surface area (Å²) in [4.78, 5) is 15.5. The van der Waals surface area contributed by atoms with Gasteiger partial charge in [0.05, 0.1) is 56.8 Å². The predicted molar refractivity (Wildman–Crippen MR) is 291 cm³/mol. The number of esters is 1. The molecule has 0 amide bonds. The van der Waals surface area contributed by atoms with Crippen LogP contribution in [0.4, 0.5) is 0 Å². The number of allylic oxidation sites excluding steroid dienone is 2. The highest BCUT2D eigenvalue weighted by Crippen LogP contribution is 2.76. The smallest absolute Gasteiger partial charge is 0.315 e. The maximum atomic E-state index is 15.5. The predicted octanol–water partition coefficient (Wildman–Crippen LogP) is -4.60. The van der Waals surface area contributed by atoms with E-state index in [1.165, 1.54) is 6.92 Å². The molecule has 28 heteroatoms. The number of ether oxygens (including phenoxy) is 10. The molecule has 0 radical (unpaired) electrons. The maximum absolute atomic E-state index is 15.5. The second-order valence-corrected chi connectivity index (χ2v) is 28.6. The van der Waals surface area contributed by atoms with Gasteiger partial charge in [-0.1, -0.05) is 53.2 Å². The standard InChI is InChI=1S/C59H96O28/c1-23-45(84-48-41(73)36(68)30(21-78-48)83-50-42(74)37(69)33(65)27(18-60)80-50)40(72)44(76)49(79-23)85-46-39(71)35(67)29(20-62)82-52(46)87-53(77)59-14-12-54(2,3)16-25(59)24-8-9-32-55(4)17-26(64)47(86-51-43(75)38(70)34(66)28(19-61)81-51)56(5,22-63)31(55)10-11-58(32,7)57(24,6)13-15-59/h8,23,25-52,60-76H,9-22H2,1-7H3/t23-,25-,26-,27+,28+,29+,30+,31+,32+,33-,34+,35+,36-,37-,38-,39-,40-,41+,42+,43+,44+,45-,46+,47-,48-,49-,50-,51-,52-,55-,56-,57+,58+,59-/m0/s1. The van der Waals surface area contributed by atoms with Gasteiger partial charge < -0.3 is 134 Å². The van der Waals surface area contributed by atoms with E-state index >= 15 is 4.79 Å². The zero-order valence-corrected chi connectivity index (χ0v) is 50.3. The van der Waals surface area contributed by atoms with Crippen molar-refractivity contribution >= 4 is 5.97 Å². The molecule has 5 aliphatic heterocycles. The third kappa shape index (κ3) is 11.3. The number of rotatable bonds is 14. The topological polar surface area (TPSA) is 453 Å². The molecule has 0 spiro atoms. The summed E-state index contributed by atoms with van der Waals surface area (Å²) < 4.78 is 59.1. The molecule has 500 valence electrons. The van der Waals surface area contributed by atoms with Crippen LogP contribution in [0.2, 0.25) is 0 Å². The molecule has 0 bridgehead atoms. The van der Waals surface area contributed by atoms with Gasteiger partial charge >= 0.3 is 5.97 Å². The summed E-state index contributed by atoms with van der Waals surface area (Å²) in [6.45, 7) is 11.1. The molecule has 5 saturated heterocycles. The minimum Gasteiger partial charge on any atom is -0.432 e. The van der Waals surface area contributed by atoms with Crippen LogP contribution in [0.1, 0.15) is 106 Å². The van der Waals surface area contributed by atoms with Crippen LogP contribution in [-0.4, -0.2) is 285 Å². The number of aliphatic hydroxyl groups is 17. The van der Waals surface area contributed by atoms with E-state index in [4.69, 9.17) is 47.4 Å². The molecule has 5 heterocycles. The van der Waals surface area contributed by atoms with Crippen LogP contribution in [0.5, 0.6) is 0 Å². The lowest BCUT2D eigenvalue weighted by Crippen LogP contribution is -2.69. The summed E-state index contributed by atoms with van der Waals surface area (Å²) in [6.07, 6.45) is -35.6. The molecule has 0 aromatic carbocycles. The molecule has 87 heavy (non-hydrogen) atoms. The second-order valence-electron chi connectivity index (χ2n) is 28.6. The highest BCUT2D eigenvalue weighted by atomic mass is 16.8. The van der Waals surface area contributed by atoms with Gasteiger partial charge in [-0.2, -0.15) is 0 Å². The Bertz CT molecular complexity index is 2420. The van der Waals surface area contributed by atoms with Crippen molar-refractivity contribution in [3.63, 3.8) is 0 Å². The second kappa shape index (κ2) is 25.1. The minimum atomic E-state index is -2.00. The number of carbonyl (C=O) groups is 1. The van der Waals surface area contributed by atoms with Crippen molar-refractivity contribution in [2.75, 3.05) is 33.0 Å². The van der Waals surface area contributed by atoms with E-state index in [2.05, 4.69) is 40.7 Å². The van der Waals surface area contributed by atoms with E-state index < -0.39 is 226 Å². The summed E-state index contributed by atoms with van der Waals surface area (Å²) in [5.74, 6) is -1.32. The number of carbonyl (C=O) groups excluding carboxylic acids is 1. The van der Waals surface area contributed by atoms with Gasteiger partial charge in [-0.15, -0.1) is 0 Å². The van der Waals surface area contributed by atoms with Crippen LogP contribution in [-0.2, 0) is 52.2 Å². The third-order valence-corrected chi connectivity index (χ3v) is 23.2. The monoisotopic (exact) mass is 1250 g/mol. The molecule has 0 aromatic rings. The third-order valence-electron chi connectivity index (χ3n) is 23.2. The quantitative estimate of drug-likeness (QED) is 0.0442. The molecule has 5 aliphatic carbocycles. The molecule has 10 rings (SSSR count). The number of hydrogen-bond acceptors (Lipinski definition) is 28. The summed E-state index contributed by atoms with van der Waals surface area (Å²) in [5, 5.41) is 185. The van der Waals surface area contributed by atoms with Crippen molar-refractivity contribution in [3.05, 3.63) is 11.6 Å². The Morgan fingerprint density at radius 1 is 0.540 bits per heavy atom. The number of fused-ring (bicyclic) bond motifs is 7. The van der Waals surface area contributed by atoms with Crippen molar-refractivity contribution in [2.45, 2.75) is 266 Å². The molecule has 0 unspecified atom stereocenters. The summed E-state index contributed by atoms with van der Waals surface area (Å²) in [5.41, 5.74) is -2.90. The van der Waals surface area contributed by atoms with Crippen LogP contribution in [0.15, 0.2) is 11.6 Å². The van der Waals surface area contributed by atoms with Crippen molar-refractivity contribution in [1.29, 1.82) is 0 Å². The fourth-order valence-corrected chi connectivity index (χ4v) is 17.8. The largest absolute Gasteiger partial charge is 0.432 e. The van der Waals surface area contributed by atoms with E-state index in [0.717, 1.165) is 5.57 Å². The summed E-state index contributed by atoms with van der Waals surface area (Å²) in [6, 6.07) is 0. The summed E-state index contributed by atoms with van der Waals surface area (Å²) in [7, 11) is 0. The lowest BCUT2D eigenvalue weighted by atomic mass is 9.33. The molecule has 10 aliphatic rings. The Balaban J connectivity index is 0.846. The molecule has 17 N–H and O–H groups in total. The normalized spacial score (nSPS) is 55.1. The zero-order chi connectivity index (χ0) is 63.6. The average Bonchev–Trinajstić information content (AvgIpc) is 0.678. The van der Waals surface area contributed by atoms with E-state index in [1.54, 1.807) is 0 Å². The lowest BCUT2D eigenvalue weighted by molar-refractivity contribution is -0.379. The number of hydrogen-bond donors (Lipinski definition) is 17. The van der Waals surface area contributed by atoms with Gasteiger partial charge in [0.1, 0.15) is 104 Å². The highest BCUT2D eigenvalue weighted by Gasteiger charge is 2.72. The molecular formula is C59H96O28. The van der Waals surface area contributed by atoms with Crippen molar-refractivity contribution in [2.24, 2.45) is 50.2 Å². The van der Waals surface area contributed by atoms with Crippen molar-refractivity contribution in [3.8, 4) is 0 Å². The Kier molecular flexibility index (Phi) is 19.7. The Morgan fingerprint density at radius 3 is 1.66 bits per heavy atom. The molecule has 34 atom stereocenters. The first kappa shape index (κ1) is 68.0.